The summed E-state index contributed by atoms with van der Waals surface area (Å²) in [6.45, 7) is 6.53. The van der Waals surface area contributed by atoms with Crippen LogP contribution >= 0.6 is 0 Å². The minimum atomic E-state index is -0.997. The van der Waals surface area contributed by atoms with Gasteiger partial charge in [-0.25, -0.2) is 4.39 Å². The van der Waals surface area contributed by atoms with Gasteiger partial charge in [-0.15, -0.1) is 0 Å². The molecule has 1 amide bonds. The second-order valence-electron chi connectivity index (χ2n) is 10.6. The van der Waals surface area contributed by atoms with E-state index in [-0.39, 0.29) is 17.9 Å². The number of hydrogen-bond donors (Lipinski definition) is 0. The van der Waals surface area contributed by atoms with E-state index < -0.39 is 11.4 Å². The molecule has 1 atom stereocenters. The third-order valence-corrected chi connectivity index (χ3v) is 7.44. The summed E-state index contributed by atoms with van der Waals surface area (Å²) in [5, 5.41) is 0. The molecule has 2 fully saturated rings. The average molecular weight is 546 g/mol. The summed E-state index contributed by atoms with van der Waals surface area (Å²) >= 11 is 0. The normalized spacial score (nSPS) is 18.3. The molecule has 0 radical (unpaired) electrons. The predicted octanol–water partition coefficient (Wildman–Crippen LogP) is 5.95. The number of carbonyl (C=O) groups is 1. The predicted molar refractivity (Wildman–Crippen MR) is 147 cm³/mol. The van der Waals surface area contributed by atoms with E-state index in [0.29, 0.717) is 66.5 Å². The van der Waals surface area contributed by atoms with Crippen LogP contribution in [0.2, 0.25) is 0 Å². The SMILES string of the molecule is CC(C)(OC1CCCCO1)c1nccc(-c2ccnc3cc(-c4ccc(C(=O)N5CCOCC5)cc4)oc23)c1F. The van der Waals surface area contributed by atoms with Crippen LogP contribution in [0.3, 0.4) is 0 Å². The Morgan fingerprint density at radius 3 is 2.50 bits per heavy atom. The van der Waals surface area contributed by atoms with Gasteiger partial charge in [0.15, 0.2) is 17.7 Å². The molecular formula is C31H32FN3O5. The Morgan fingerprint density at radius 2 is 1.75 bits per heavy atom. The van der Waals surface area contributed by atoms with Crippen molar-refractivity contribution in [3.63, 3.8) is 0 Å². The van der Waals surface area contributed by atoms with E-state index in [2.05, 4.69) is 9.97 Å². The van der Waals surface area contributed by atoms with E-state index >= 15 is 4.39 Å². The molecular weight excluding hydrogens is 513 g/mol. The highest BCUT2D eigenvalue weighted by Crippen LogP contribution is 2.38. The third kappa shape index (κ3) is 5.24. The number of amides is 1. The first-order valence-corrected chi connectivity index (χ1v) is 13.7. The van der Waals surface area contributed by atoms with Crippen LogP contribution in [0.4, 0.5) is 4.39 Å². The molecule has 0 saturated carbocycles. The molecule has 1 aromatic carbocycles. The van der Waals surface area contributed by atoms with Crippen LogP contribution in [0.15, 0.2) is 59.3 Å². The van der Waals surface area contributed by atoms with Crippen LogP contribution in [0.25, 0.3) is 33.6 Å². The molecule has 2 aliphatic heterocycles. The molecule has 5 heterocycles. The molecule has 40 heavy (non-hydrogen) atoms. The lowest BCUT2D eigenvalue weighted by Crippen LogP contribution is -2.40. The lowest BCUT2D eigenvalue weighted by atomic mass is 9.98. The molecule has 4 aromatic rings. The van der Waals surface area contributed by atoms with E-state index in [1.165, 1.54) is 0 Å². The molecule has 0 spiro atoms. The first kappa shape index (κ1) is 26.6. The molecule has 9 heteroatoms. The molecule has 2 saturated heterocycles. The number of aromatic nitrogens is 2. The lowest BCUT2D eigenvalue weighted by Gasteiger charge is -2.32. The number of carbonyl (C=O) groups excluding carboxylic acids is 1. The Kier molecular flexibility index (Phi) is 7.35. The molecule has 1 unspecified atom stereocenters. The number of halogens is 1. The molecule has 3 aromatic heterocycles. The topological polar surface area (TPSA) is 86.9 Å². The summed E-state index contributed by atoms with van der Waals surface area (Å²) in [5.74, 6) is 0.0854. The van der Waals surface area contributed by atoms with E-state index in [1.54, 1.807) is 55.4 Å². The minimum Gasteiger partial charge on any atom is -0.454 e. The second-order valence-corrected chi connectivity index (χ2v) is 10.6. The Labute approximate surface area is 232 Å². The number of benzene rings is 1. The number of nitrogens with zero attached hydrogens (tertiary/aromatic N) is 3. The number of hydrogen-bond acceptors (Lipinski definition) is 7. The number of pyridine rings is 2. The number of furan rings is 1. The largest absolute Gasteiger partial charge is 0.454 e. The van der Waals surface area contributed by atoms with Gasteiger partial charge in [0.1, 0.15) is 22.6 Å². The van der Waals surface area contributed by atoms with Gasteiger partial charge in [-0.2, -0.15) is 0 Å². The van der Waals surface area contributed by atoms with Gasteiger partial charge in [0.2, 0.25) is 0 Å². The zero-order chi connectivity index (χ0) is 27.7. The maximum absolute atomic E-state index is 16.1. The highest BCUT2D eigenvalue weighted by molar-refractivity contribution is 5.95. The summed E-state index contributed by atoms with van der Waals surface area (Å²) in [5.41, 5.74) is 2.60. The number of fused-ring (bicyclic) bond motifs is 1. The van der Waals surface area contributed by atoms with Crippen LogP contribution in [0.5, 0.6) is 0 Å². The molecule has 0 N–H and O–H groups in total. The van der Waals surface area contributed by atoms with Gasteiger partial charge in [-0.3, -0.25) is 14.8 Å². The van der Waals surface area contributed by atoms with Crippen molar-refractivity contribution in [3.8, 4) is 22.5 Å². The standard InChI is InChI=1S/C31H32FN3O5/c1-31(2,40-26-5-3-4-16-38-26)29-27(32)22(10-13-34-29)23-11-12-33-24-19-25(39-28(23)24)20-6-8-21(9-7-20)30(36)35-14-17-37-18-15-35/h6-13,19,26H,3-5,14-18H2,1-2H3. The third-order valence-electron chi connectivity index (χ3n) is 7.44. The maximum Gasteiger partial charge on any atom is 0.254 e. The van der Waals surface area contributed by atoms with Gasteiger partial charge in [-0.1, -0.05) is 12.1 Å². The average Bonchev–Trinajstić information content (AvgIpc) is 3.43. The fraction of sp³-hybridized carbons (Fsp3) is 0.387. The fourth-order valence-electron chi connectivity index (χ4n) is 5.28. The Bertz CT molecular complexity index is 1510. The molecule has 0 bridgehead atoms. The number of ether oxygens (including phenoxy) is 3. The highest BCUT2D eigenvalue weighted by Gasteiger charge is 2.33. The van der Waals surface area contributed by atoms with Crippen molar-refractivity contribution in [3.05, 3.63) is 71.9 Å². The van der Waals surface area contributed by atoms with E-state index in [1.807, 2.05) is 18.2 Å². The summed E-state index contributed by atoms with van der Waals surface area (Å²) in [7, 11) is 0. The highest BCUT2D eigenvalue weighted by atomic mass is 19.1. The van der Waals surface area contributed by atoms with Gasteiger partial charge in [-0.05, 0) is 57.4 Å². The van der Waals surface area contributed by atoms with Crippen molar-refractivity contribution >= 4 is 17.0 Å². The van der Waals surface area contributed by atoms with Gasteiger partial charge < -0.3 is 23.5 Å². The molecule has 6 rings (SSSR count). The van der Waals surface area contributed by atoms with Crippen LogP contribution in [0.1, 0.15) is 49.2 Å². The molecule has 0 aliphatic carbocycles. The fourth-order valence-corrected chi connectivity index (χ4v) is 5.28. The molecule has 8 nitrogen and oxygen atoms in total. The van der Waals surface area contributed by atoms with Crippen molar-refractivity contribution in [2.24, 2.45) is 0 Å². The van der Waals surface area contributed by atoms with Crippen LogP contribution in [0, 0.1) is 5.82 Å². The first-order valence-electron chi connectivity index (χ1n) is 13.7. The summed E-state index contributed by atoms with van der Waals surface area (Å²) in [6.07, 6.45) is 5.62. The van der Waals surface area contributed by atoms with Gasteiger partial charge in [0.05, 0.1) is 13.2 Å². The Hall–Kier alpha value is -3.66. The van der Waals surface area contributed by atoms with E-state index in [0.717, 1.165) is 24.8 Å². The summed E-state index contributed by atoms with van der Waals surface area (Å²) < 4.78 is 39.5. The van der Waals surface area contributed by atoms with Crippen molar-refractivity contribution in [1.29, 1.82) is 0 Å². The van der Waals surface area contributed by atoms with E-state index in [9.17, 15) is 4.79 Å². The Morgan fingerprint density at radius 1 is 1.00 bits per heavy atom. The molecule has 208 valence electrons. The zero-order valence-electron chi connectivity index (χ0n) is 22.7. The van der Waals surface area contributed by atoms with Gasteiger partial charge >= 0.3 is 0 Å². The maximum atomic E-state index is 16.1. The summed E-state index contributed by atoms with van der Waals surface area (Å²) in [4.78, 5) is 23.4. The van der Waals surface area contributed by atoms with Gasteiger partial charge in [0.25, 0.3) is 5.91 Å². The van der Waals surface area contributed by atoms with E-state index in [4.69, 9.17) is 18.6 Å². The minimum absolute atomic E-state index is 0.0191. The van der Waals surface area contributed by atoms with Crippen LogP contribution < -0.4 is 0 Å². The van der Waals surface area contributed by atoms with Crippen molar-refractivity contribution in [2.75, 3.05) is 32.9 Å². The monoisotopic (exact) mass is 545 g/mol. The second kappa shape index (κ2) is 11.1. The lowest BCUT2D eigenvalue weighted by molar-refractivity contribution is -0.220. The first-order chi connectivity index (χ1) is 19.4. The zero-order valence-corrected chi connectivity index (χ0v) is 22.7. The Balaban J connectivity index is 1.29. The quantitative estimate of drug-likeness (QED) is 0.296. The number of morpholine rings is 1. The summed E-state index contributed by atoms with van der Waals surface area (Å²) in [6, 6.07) is 12.5. The van der Waals surface area contributed by atoms with Crippen molar-refractivity contribution in [1.82, 2.24) is 14.9 Å². The smallest absolute Gasteiger partial charge is 0.254 e. The van der Waals surface area contributed by atoms with Crippen LogP contribution in [-0.4, -0.2) is 60.0 Å². The van der Waals surface area contributed by atoms with Gasteiger partial charge in [0, 0.05) is 60.4 Å². The van der Waals surface area contributed by atoms with Crippen molar-refractivity contribution in [2.45, 2.75) is 45.0 Å². The van der Waals surface area contributed by atoms with Crippen LogP contribution in [-0.2, 0) is 19.8 Å². The number of rotatable bonds is 6. The molecule has 2 aliphatic rings. The van der Waals surface area contributed by atoms with Crippen molar-refractivity contribution < 1.29 is 27.8 Å².